The van der Waals surface area contributed by atoms with Gasteiger partial charge in [0.2, 0.25) is 15.9 Å². The summed E-state index contributed by atoms with van der Waals surface area (Å²) in [6, 6.07) is 7.60. The molecule has 0 bridgehead atoms. The zero-order chi connectivity index (χ0) is 15.5. The Morgan fingerprint density at radius 3 is 2.67 bits per heavy atom. The van der Waals surface area contributed by atoms with Crippen LogP contribution in [0.1, 0.15) is 18.4 Å². The number of nitrogens with one attached hydrogen (secondary N) is 1. The second-order valence-corrected chi connectivity index (χ2v) is 6.76. The van der Waals surface area contributed by atoms with Gasteiger partial charge in [-0.3, -0.25) is 4.79 Å². The van der Waals surface area contributed by atoms with Gasteiger partial charge in [-0.05, 0) is 30.5 Å². The third-order valence-electron chi connectivity index (χ3n) is 3.57. The van der Waals surface area contributed by atoms with Crippen molar-refractivity contribution in [2.24, 2.45) is 0 Å². The van der Waals surface area contributed by atoms with Crippen molar-refractivity contribution in [3.8, 4) is 6.07 Å². The topological polar surface area (TPSA) is 90.3 Å². The standard InChI is InChI=1S/C14H17N3O3S/c1-16-14(18)13-3-2-10-17(13)21(19,20)12-6-4-11(5-7-12)8-9-15/h4-7,13H,2-3,8,10H2,1H3,(H,16,18). The summed E-state index contributed by atoms with van der Waals surface area (Å²) in [7, 11) is -2.18. The molecule has 1 aliphatic heterocycles. The average Bonchev–Trinajstić information content (AvgIpc) is 2.97. The highest BCUT2D eigenvalue weighted by Gasteiger charge is 2.38. The van der Waals surface area contributed by atoms with Crippen molar-refractivity contribution in [1.29, 1.82) is 5.26 Å². The van der Waals surface area contributed by atoms with E-state index >= 15 is 0 Å². The molecule has 1 unspecified atom stereocenters. The minimum atomic E-state index is -3.69. The van der Waals surface area contributed by atoms with Gasteiger partial charge in [0.15, 0.2) is 0 Å². The average molecular weight is 307 g/mol. The molecule has 0 saturated carbocycles. The maximum Gasteiger partial charge on any atom is 0.243 e. The van der Waals surface area contributed by atoms with Gasteiger partial charge in [-0.1, -0.05) is 12.1 Å². The first-order chi connectivity index (χ1) is 10.0. The molecule has 2 rings (SSSR count). The van der Waals surface area contributed by atoms with Crippen LogP contribution in [0.2, 0.25) is 0 Å². The van der Waals surface area contributed by atoms with Gasteiger partial charge < -0.3 is 5.32 Å². The Balaban J connectivity index is 2.29. The molecular formula is C14H17N3O3S. The first-order valence-electron chi connectivity index (χ1n) is 6.70. The van der Waals surface area contributed by atoms with Crippen LogP contribution in [-0.4, -0.2) is 38.3 Å². The molecular weight excluding hydrogens is 290 g/mol. The summed E-state index contributed by atoms with van der Waals surface area (Å²) in [5.41, 5.74) is 0.765. The maximum absolute atomic E-state index is 12.6. The minimum absolute atomic E-state index is 0.153. The summed E-state index contributed by atoms with van der Waals surface area (Å²) in [6.45, 7) is 0.348. The highest BCUT2D eigenvalue weighted by molar-refractivity contribution is 7.89. The lowest BCUT2D eigenvalue weighted by Gasteiger charge is -2.22. The number of nitrogens with zero attached hydrogens (tertiary/aromatic N) is 2. The monoisotopic (exact) mass is 307 g/mol. The van der Waals surface area contributed by atoms with Crippen LogP contribution >= 0.6 is 0 Å². The number of nitriles is 1. The molecule has 7 heteroatoms. The van der Waals surface area contributed by atoms with E-state index in [1.807, 2.05) is 6.07 Å². The fourth-order valence-electron chi connectivity index (χ4n) is 2.46. The predicted molar refractivity (Wildman–Crippen MR) is 76.7 cm³/mol. The van der Waals surface area contributed by atoms with Gasteiger partial charge in [0.1, 0.15) is 6.04 Å². The van der Waals surface area contributed by atoms with Gasteiger partial charge in [-0.2, -0.15) is 9.57 Å². The maximum atomic E-state index is 12.6. The van der Waals surface area contributed by atoms with Crippen molar-refractivity contribution in [3.63, 3.8) is 0 Å². The van der Waals surface area contributed by atoms with E-state index in [2.05, 4.69) is 5.32 Å². The van der Waals surface area contributed by atoms with Crippen LogP contribution in [0.3, 0.4) is 0 Å². The number of carbonyl (C=O) groups is 1. The van der Waals surface area contributed by atoms with Gasteiger partial charge >= 0.3 is 0 Å². The van der Waals surface area contributed by atoms with E-state index in [4.69, 9.17) is 5.26 Å². The quantitative estimate of drug-likeness (QED) is 0.884. The molecule has 0 radical (unpaired) electrons. The fourth-order valence-corrected chi connectivity index (χ4v) is 4.12. The zero-order valence-corrected chi connectivity index (χ0v) is 12.6. The highest BCUT2D eigenvalue weighted by Crippen LogP contribution is 2.26. The molecule has 0 aliphatic carbocycles. The molecule has 112 valence electrons. The summed E-state index contributed by atoms with van der Waals surface area (Å²) in [4.78, 5) is 11.9. The Hall–Kier alpha value is -1.91. The fraction of sp³-hybridized carbons (Fsp3) is 0.429. The summed E-state index contributed by atoms with van der Waals surface area (Å²) in [5, 5.41) is 11.1. The number of likely N-dealkylation sites (N-methyl/N-ethyl adjacent to an activating group) is 1. The summed E-state index contributed by atoms with van der Waals surface area (Å²) in [6.07, 6.45) is 1.44. The number of hydrogen-bond donors (Lipinski definition) is 1. The number of sulfonamides is 1. The Kier molecular flexibility index (Phi) is 4.60. The Morgan fingerprint density at radius 2 is 2.10 bits per heavy atom. The second-order valence-electron chi connectivity index (χ2n) is 4.87. The SMILES string of the molecule is CNC(=O)C1CCCN1S(=O)(=O)c1ccc(CC#N)cc1. The molecule has 1 N–H and O–H groups in total. The largest absolute Gasteiger partial charge is 0.358 e. The van der Waals surface area contributed by atoms with Crippen molar-refractivity contribution in [1.82, 2.24) is 9.62 Å². The van der Waals surface area contributed by atoms with E-state index in [1.165, 1.54) is 23.5 Å². The van der Waals surface area contributed by atoms with E-state index in [0.29, 0.717) is 19.4 Å². The Morgan fingerprint density at radius 1 is 1.43 bits per heavy atom. The van der Waals surface area contributed by atoms with Crippen LogP contribution in [0, 0.1) is 11.3 Å². The van der Waals surface area contributed by atoms with Crippen LogP contribution in [0.25, 0.3) is 0 Å². The number of benzene rings is 1. The van der Waals surface area contributed by atoms with Crippen LogP contribution in [0.5, 0.6) is 0 Å². The molecule has 21 heavy (non-hydrogen) atoms. The molecule has 1 saturated heterocycles. The lowest BCUT2D eigenvalue weighted by molar-refractivity contribution is -0.123. The highest BCUT2D eigenvalue weighted by atomic mass is 32.2. The molecule has 1 amide bonds. The molecule has 1 aromatic rings. The molecule has 1 aliphatic rings. The minimum Gasteiger partial charge on any atom is -0.358 e. The lowest BCUT2D eigenvalue weighted by atomic mass is 10.2. The smallest absolute Gasteiger partial charge is 0.243 e. The molecule has 1 aromatic carbocycles. The lowest BCUT2D eigenvalue weighted by Crippen LogP contribution is -2.44. The molecule has 6 nitrogen and oxygen atoms in total. The van der Waals surface area contributed by atoms with E-state index in [9.17, 15) is 13.2 Å². The van der Waals surface area contributed by atoms with Gasteiger partial charge in [0.25, 0.3) is 0 Å². The Labute approximate surface area is 124 Å². The van der Waals surface area contributed by atoms with E-state index < -0.39 is 16.1 Å². The number of amides is 1. The van der Waals surface area contributed by atoms with Crippen LogP contribution in [0.4, 0.5) is 0 Å². The number of carbonyl (C=O) groups excluding carboxylic acids is 1. The van der Waals surface area contributed by atoms with Crippen molar-refractivity contribution in [2.75, 3.05) is 13.6 Å². The summed E-state index contributed by atoms with van der Waals surface area (Å²) >= 11 is 0. The van der Waals surface area contributed by atoms with E-state index in [0.717, 1.165) is 5.56 Å². The summed E-state index contributed by atoms with van der Waals surface area (Å²) < 4.78 is 26.5. The Bertz CT molecular complexity index is 662. The van der Waals surface area contributed by atoms with Crippen LogP contribution < -0.4 is 5.32 Å². The third-order valence-corrected chi connectivity index (χ3v) is 5.49. The van der Waals surface area contributed by atoms with Gasteiger partial charge in [-0.15, -0.1) is 0 Å². The van der Waals surface area contributed by atoms with Crippen molar-refractivity contribution >= 4 is 15.9 Å². The van der Waals surface area contributed by atoms with Crippen LogP contribution in [-0.2, 0) is 21.2 Å². The summed E-state index contributed by atoms with van der Waals surface area (Å²) in [5.74, 6) is -0.280. The zero-order valence-electron chi connectivity index (χ0n) is 11.7. The first kappa shape index (κ1) is 15.5. The molecule has 1 heterocycles. The van der Waals surface area contributed by atoms with Crippen molar-refractivity contribution in [2.45, 2.75) is 30.2 Å². The van der Waals surface area contributed by atoms with Crippen molar-refractivity contribution in [3.05, 3.63) is 29.8 Å². The van der Waals surface area contributed by atoms with Gasteiger partial charge in [-0.25, -0.2) is 8.42 Å². The normalized spacial score (nSPS) is 19.1. The van der Waals surface area contributed by atoms with Crippen LogP contribution in [0.15, 0.2) is 29.2 Å². The molecule has 0 spiro atoms. The van der Waals surface area contributed by atoms with Crippen molar-refractivity contribution < 1.29 is 13.2 Å². The van der Waals surface area contributed by atoms with Gasteiger partial charge in [0, 0.05) is 13.6 Å². The van der Waals surface area contributed by atoms with E-state index in [1.54, 1.807) is 12.1 Å². The number of hydrogen-bond acceptors (Lipinski definition) is 4. The first-order valence-corrected chi connectivity index (χ1v) is 8.14. The molecule has 0 aromatic heterocycles. The molecule has 1 atom stereocenters. The number of rotatable bonds is 4. The second kappa shape index (κ2) is 6.24. The van der Waals surface area contributed by atoms with Gasteiger partial charge in [0.05, 0.1) is 17.4 Å². The molecule has 1 fully saturated rings. The third kappa shape index (κ3) is 3.06. The predicted octanol–water partition coefficient (Wildman–Crippen LogP) is 0.652. The van der Waals surface area contributed by atoms with E-state index in [-0.39, 0.29) is 17.2 Å².